The lowest BCUT2D eigenvalue weighted by Gasteiger charge is -2.44. The highest BCUT2D eigenvalue weighted by molar-refractivity contribution is 7.89. The Morgan fingerprint density at radius 3 is 2.32 bits per heavy atom. The molecule has 31 heavy (non-hydrogen) atoms. The molecule has 0 saturated carbocycles. The van der Waals surface area contributed by atoms with E-state index in [4.69, 9.17) is 0 Å². The fourth-order valence-corrected chi connectivity index (χ4v) is 5.45. The number of rotatable bonds is 5. The van der Waals surface area contributed by atoms with Crippen molar-refractivity contribution < 1.29 is 17.2 Å². The van der Waals surface area contributed by atoms with Crippen LogP contribution in [0, 0.1) is 25.5 Å². The number of anilines is 1. The van der Waals surface area contributed by atoms with Crippen molar-refractivity contribution in [2.24, 2.45) is 7.05 Å². The number of likely N-dealkylation sites (N-methyl/N-ethyl adjacent to an activating group) is 1. The van der Waals surface area contributed by atoms with Gasteiger partial charge in [0.25, 0.3) is 0 Å². The Kier molecular flexibility index (Phi) is 5.26. The van der Waals surface area contributed by atoms with Gasteiger partial charge in [-0.2, -0.15) is 9.40 Å². The Morgan fingerprint density at radius 2 is 1.74 bits per heavy atom. The molecule has 11 heteroatoms. The quantitative estimate of drug-likeness (QED) is 0.596. The van der Waals surface area contributed by atoms with Crippen LogP contribution in [-0.4, -0.2) is 58.7 Å². The first-order chi connectivity index (χ1) is 14.6. The summed E-state index contributed by atoms with van der Waals surface area (Å²) in [5.74, 6) is -0.963. The molecule has 4 rings (SSSR count). The van der Waals surface area contributed by atoms with Gasteiger partial charge < -0.3 is 4.90 Å². The lowest BCUT2D eigenvalue weighted by Crippen LogP contribution is -2.60. The molecule has 1 aromatic carbocycles. The average Bonchev–Trinajstić information content (AvgIpc) is 2.94. The summed E-state index contributed by atoms with van der Waals surface area (Å²) in [6.45, 7) is 3.94. The smallest absolute Gasteiger partial charge is 0.246 e. The van der Waals surface area contributed by atoms with E-state index in [1.54, 1.807) is 25.8 Å². The Bertz CT molecular complexity index is 1240. The van der Waals surface area contributed by atoms with E-state index in [-0.39, 0.29) is 35.5 Å². The largest absolute Gasteiger partial charge is 0.351 e. The SMILES string of the molecule is Cc1nn(C)c(C)c1S(=O)(=O)N(C)C1CN(c2ncnc(-c3ccc(F)cc3)c2F)C1. The molecule has 8 nitrogen and oxygen atoms in total. The summed E-state index contributed by atoms with van der Waals surface area (Å²) in [5, 5.41) is 4.19. The maximum absolute atomic E-state index is 15.1. The molecule has 0 atom stereocenters. The van der Waals surface area contributed by atoms with E-state index in [0.29, 0.717) is 17.0 Å². The predicted octanol–water partition coefficient (Wildman–Crippen LogP) is 2.28. The van der Waals surface area contributed by atoms with Gasteiger partial charge in [0.1, 0.15) is 22.7 Å². The molecule has 2 aromatic heterocycles. The van der Waals surface area contributed by atoms with Crippen LogP contribution >= 0.6 is 0 Å². The molecule has 0 amide bonds. The lowest BCUT2D eigenvalue weighted by molar-refractivity contribution is 0.307. The van der Waals surface area contributed by atoms with Crippen LogP contribution in [0.15, 0.2) is 35.5 Å². The molecule has 1 aliphatic heterocycles. The molecule has 0 N–H and O–H groups in total. The van der Waals surface area contributed by atoms with Gasteiger partial charge in [-0.05, 0) is 38.1 Å². The molecule has 0 bridgehead atoms. The van der Waals surface area contributed by atoms with Crippen molar-refractivity contribution >= 4 is 15.8 Å². The molecule has 1 aliphatic rings. The average molecular weight is 448 g/mol. The Balaban J connectivity index is 1.54. The number of sulfonamides is 1. The zero-order valence-corrected chi connectivity index (χ0v) is 18.4. The van der Waals surface area contributed by atoms with Crippen molar-refractivity contribution in [3.05, 3.63) is 53.6 Å². The van der Waals surface area contributed by atoms with Crippen LogP contribution in [0.4, 0.5) is 14.6 Å². The van der Waals surface area contributed by atoms with Crippen molar-refractivity contribution in [3.63, 3.8) is 0 Å². The number of aryl methyl sites for hydroxylation is 2. The van der Waals surface area contributed by atoms with Crippen molar-refractivity contribution in [3.8, 4) is 11.3 Å². The van der Waals surface area contributed by atoms with E-state index < -0.39 is 21.7 Å². The second kappa shape index (κ2) is 7.65. The number of nitrogens with zero attached hydrogens (tertiary/aromatic N) is 6. The molecule has 1 saturated heterocycles. The Morgan fingerprint density at radius 1 is 1.10 bits per heavy atom. The predicted molar refractivity (Wildman–Crippen MR) is 111 cm³/mol. The molecule has 3 heterocycles. The van der Waals surface area contributed by atoms with Gasteiger partial charge in [0.2, 0.25) is 10.0 Å². The summed E-state index contributed by atoms with van der Waals surface area (Å²) in [7, 11) is -0.534. The summed E-state index contributed by atoms with van der Waals surface area (Å²) >= 11 is 0. The van der Waals surface area contributed by atoms with Crippen LogP contribution in [-0.2, 0) is 17.1 Å². The van der Waals surface area contributed by atoms with Crippen LogP contribution in [0.3, 0.4) is 0 Å². The standard InChI is InChI=1S/C20H22F2N6O2S/c1-12-19(13(2)26(3)25-12)31(29,30)27(4)16-9-28(10-16)20-17(22)18(23-11-24-20)14-5-7-15(21)8-6-14/h5-8,11,16H,9-10H2,1-4H3. The van der Waals surface area contributed by atoms with E-state index in [0.717, 1.165) is 0 Å². The van der Waals surface area contributed by atoms with E-state index in [9.17, 15) is 12.8 Å². The van der Waals surface area contributed by atoms with E-state index in [2.05, 4.69) is 15.1 Å². The highest BCUT2D eigenvalue weighted by Gasteiger charge is 2.40. The van der Waals surface area contributed by atoms with E-state index in [1.165, 1.54) is 46.6 Å². The van der Waals surface area contributed by atoms with Crippen LogP contribution in [0.1, 0.15) is 11.4 Å². The van der Waals surface area contributed by atoms with Crippen LogP contribution in [0.5, 0.6) is 0 Å². The van der Waals surface area contributed by atoms with Crippen LogP contribution in [0.25, 0.3) is 11.3 Å². The zero-order chi connectivity index (χ0) is 22.5. The summed E-state index contributed by atoms with van der Waals surface area (Å²) in [6, 6.07) is 5.02. The zero-order valence-electron chi connectivity index (χ0n) is 17.5. The van der Waals surface area contributed by atoms with Gasteiger partial charge in [-0.1, -0.05) is 0 Å². The second-order valence-corrected chi connectivity index (χ2v) is 9.50. The number of hydrogen-bond acceptors (Lipinski definition) is 6. The third kappa shape index (κ3) is 3.57. The van der Waals surface area contributed by atoms with Gasteiger partial charge in [-0.15, -0.1) is 0 Å². The maximum Gasteiger partial charge on any atom is 0.246 e. The van der Waals surface area contributed by atoms with E-state index in [1.807, 2.05) is 0 Å². The highest BCUT2D eigenvalue weighted by Crippen LogP contribution is 2.32. The number of benzene rings is 1. The minimum atomic E-state index is -3.75. The molecule has 0 radical (unpaired) electrons. The fourth-order valence-electron chi connectivity index (χ4n) is 3.72. The van der Waals surface area contributed by atoms with Crippen molar-refractivity contribution in [2.75, 3.05) is 25.0 Å². The normalized spacial score (nSPS) is 14.9. The fraction of sp³-hybridized carbons (Fsp3) is 0.350. The summed E-state index contributed by atoms with van der Waals surface area (Å²) in [5.41, 5.74) is 1.50. The summed E-state index contributed by atoms with van der Waals surface area (Å²) in [6.07, 6.45) is 1.24. The van der Waals surface area contributed by atoms with Crippen molar-refractivity contribution in [2.45, 2.75) is 24.8 Å². The third-order valence-electron chi connectivity index (χ3n) is 5.64. The second-order valence-electron chi connectivity index (χ2n) is 7.57. The molecular formula is C20H22F2N6O2S. The monoisotopic (exact) mass is 448 g/mol. The van der Waals surface area contributed by atoms with Crippen molar-refractivity contribution in [1.29, 1.82) is 0 Å². The topological polar surface area (TPSA) is 84.2 Å². The molecule has 164 valence electrons. The molecule has 0 aliphatic carbocycles. The van der Waals surface area contributed by atoms with Gasteiger partial charge in [0.05, 0.1) is 17.4 Å². The summed E-state index contributed by atoms with van der Waals surface area (Å²) in [4.78, 5) is 9.87. The Labute approximate surface area is 179 Å². The first-order valence-electron chi connectivity index (χ1n) is 9.61. The summed E-state index contributed by atoms with van der Waals surface area (Å²) < 4.78 is 57.3. The number of hydrogen-bond donors (Lipinski definition) is 0. The first-order valence-corrected chi connectivity index (χ1v) is 11.0. The third-order valence-corrected chi connectivity index (χ3v) is 7.81. The maximum atomic E-state index is 15.1. The van der Waals surface area contributed by atoms with Gasteiger partial charge >= 0.3 is 0 Å². The molecule has 0 spiro atoms. The first kappa shape index (κ1) is 21.3. The minimum absolute atomic E-state index is 0.0658. The number of halogens is 2. The number of aromatic nitrogens is 4. The van der Waals surface area contributed by atoms with Gasteiger partial charge in [-0.3, -0.25) is 4.68 Å². The Hall–Kier alpha value is -2.92. The lowest BCUT2D eigenvalue weighted by atomic mass is 10.1. The molecule has 3 aromatic rings. The molecule has 1 fully saturated rings. The van der Waals surface area contributed by atoms with Crippen LogP contribution in [0.2, 0.25) is 0 Å². The van der Waals surface area contributed by atoms with E-state index >= 15 is 4.39 Å². The molecule has 0 unspecified atom stereocenters. The van der Waals surface area contributed by atoms with Crippen LogP contribution < -0.4 is 4.90 Å². The van der Waals surface area contributed by atoms with Gasteiger partial charge in [-0.25, -0.2) is 27.2 Å². The molecular weight excluding hydrogens is 426 g/mol. The van der Waals surface area contributed by atoms with Crippen molar-refractivity contribution in [1.82, 2.24) is 24.1 Å². The van der Waals surface area contributed by atoms with Gasteiger partial charge in [0, 0.05) is 32.7 Å². The minimum Gasteiger partial charge on any atom is -0.351 e. The van der Waals surface area contributed by atoms with Gasteiger partial charge in [0.15, 0.2) is 11.6 Å². The highest BCUT2D eigenvalue weighted by atomic mass is 32.2.